The van der Waals surface area contributed by atoms with Crippen LogP contribution in [0.4, 0.5) is 5.69 Å². The van der Waals surface area contributed by atoms with Crippen LogP contribution in [0.5, 0.6) is 5.75 Å². The van der Waals surface area contributed by atoms with Crippen molar-refractivity contribution in [1.82, 2.24) is 9.36 Å². The van der Waals surface area contributed by atoms with Gasteiger partial charge in [0.1, 0.15) is 17.1 Å². The molecule has 1 aliphatic carbocycles. The number of hydrogen-bond acceptors (Lipinski definition) is 4. The molecule has 2 aromatic heterocycles. The first kappa shape index (κ1) is 19.9. The number of para-hydroxylation sites is 1. The molecule has 158 valence electrons. The van der Waals surface area contributed by atoms with Crippen LogP contribution in [0.3, 0.4) is 0 Å². The molecule has 0 atom stereocenters. The number of benzene rings is 2. The molecule has 2 heterocycles. The van der Waals surface area contributed by atoms with E-state index < -0.39 is 0 Å². The number of nitrogens with zero attached hydrogens (tertiary/aromatic N) is 3. The largest absolute Gasteiger partial charge is 0.506 e. The molecular formula is C24H22BrN3O3. The summed E-state index contributed by atoms with van der Waals surface area (Å²) in [6.45, 7) is 1.86. The van der Waals surface area contributed by atoms with Crippen LogP contribution in [-0.4, -0.2) is 20.7 Å². The van der Waals surface area contributed by atoms with E-state index in [-0.39, 0.29) is 11.3 Å². The third-order valence-electron chi connectivity index (χ3n) is 6.05. The highest BCUT2D eigenvalue weighted by molar-refractivity contribution is 9.10. The molecule has 7 heteroatoms. The van der Waals surface area contributed by atoms with Gasteiger partial charge in [0.05, 0.1) is 15.9 Å². The normalized spacial score (nSPS) is 13.9. The minimum Gasteiger partial charge on any atom is -0.506 e. The summed E-state index contributed by atoms with van der Waals surface area (Å²) < 4.78 is 10.0. The number of hydrogen-bond donors (Lipinski definition) is 1. The summed E-state index contributed by atoms with van der Waals surface area (Å²) in [5.41, 5.74) is 4.09. The average molecular weight is 480 g/mol. The van der Waals surface area contributed by atoms with Crippen molar-refractivity contribution >= 4 is 38.8 Å². The van der Waals surface area contributed by atoms with Crippen LogP contribution >= 0.6 is 15.9 Å². The summed E-state index contributed by atoms with van der Waals surface area (Å²) in [7, 11) is 1.84. The second kappa shape index (κ2) is 7.57. The Bertz CT molecular complexity index is 1390. The van der Waals surface area contributed by atoms with E-state index in [0.29, 0.717) is 15.7 Å². The molecule has 0 amide bonds. The van der Waals surface area contributed by atoms with E-state index in [1.807, 2.05) is 44.3 Å². The maximum atomic E-state index is 13.2. The maximum absolute atomic E-state index is 13.2. The Morgan fingerprint density at radius 3 is 2.71 bits per heavy atom. The Kier molecular flexibility index (Phi) is 4.85. The lowest BCUT2D eigenvalue weighted by molar-refractivity contribution is 0.471. The van der Waals surface area contributed by atoms with Crippen molar-refractivity contribution < 1.29 is 9.52 Å². The minimum atomic E-state index is -0.206. The van der Waals surface area contributed by atoms with E-state index in [1.165, 1.54) is 0 Å². The fraction of sp³-hybridized carbons (Fsp3) is 0.250. The number of aliphatic imine (C=N–C) groups is 1. The van der Waals surface area contributed by atoms with Gasteiger partial charge in [0.2, 0.25) is 0 Å². The zero-order valence-electron chi connectivity index (χ0n) is 17.4. The van der Waals surface area contributed by atoms with E-state index in [2.05, 4.69) is 20.9 Å². The predicted octanol–water partition coefficient (Wildman–Crippen LogP) is 5.33. The average Bonchev–Trinajstić information content (AvgIpc) is 3.24. The van der Waals surface area contributed by atoms with E-state index in [9.17, 15) is 9.90 Å². The van der Waals surface area contributed by atoms with Gasteiger partial charge in [-0.3, -0.25) is 9.48 Å². The van der Waals surface area contributed by atoms with Gasteiger partial charge in [-0.2, -0.15) is 0 Å². The smallest absolute Gasteiger partial charge is 0.297 e. The molecule has 5 rings (SSSR count). The fourth-order valence-electron chi connectivity index (χ4n) is 4.37. The van der Waals surface area contributed by atoms with Gasteiger partial charge in [-0.1, -0.05) is 18.2 Å². The molecule has 0 radical (unpaired) electrons. The van der Waals surface area contributed by atoms with Gasteiger partial charge in [-0.05, 0) is 60.3 Å². The second-order valence-corrected chi connectivity index (χ2v) is 8.73. The molecule has 0 saturated heterocycles. The molecule has 0 aliphatic heterocycles. The molecule has 1 N–H and O–H groups in total. The molecule has 6 nitrogen and oxygen atoms in total. The van der Waals surface area contributed by atoms with Crippen LogP contribution in [-0.2, 0) is 19.9 Å². The van der Waals surface area contributed by atoms with E-state index in [1.54, 1.807) is 21.6 Å². The van der Waals surface area contributed by atoms with E-state index >= 15 is 0 Å². The van der Waals surface area contributed by atoms with Crippen molar-refractivity contribution in [1.29, 1.82) is 0 Å². The highest BCUT2D eigenvalue weighted by Gasteiger charge is 2.23. The number of aromatic nitrogens is 2. The van der Waals surface area contributed by atoms with Crippen molar-refractivity contribution in [3.05, 3.63) is 73.8 Å². The first-order valence-electron chi connectivity index (χ1n) is 10.3. The van der Waals surface area contributed by atoms with Crippen LogP contribution < -0.4 is 5.56 Å². The number of fused-ring (bicyclic) bond motifs is 3. The van der Waals surface area contributed by atoms with Gasteiger partial charge < -0.3 is 9.52 Å². The molecule has 1 aliphatic rings. The van der Waals surface area contributed by atoms with Crippen LogP contribution in [0.15, 0.2) is 55.1 Å². The third-order valence-corrected chi connectivity index (χ3v) is 6.66. The summed E-state index contributed by atoms with van der Waals surface area (Å²) in [6, 6.07) is 11.3. The predicted molar refractivity (Wildman–Crippen MR) is 125 cm³/mol. The molecule has 31 heavy (non-hydrogen) atoms. The summed E-state index contributed by atoms with van der Waals surface area (Å²) in [5.74, 6) is 1.08. The number of phenolic OH excluding ortho intramolecular Hbond substituents is 1. The molecular weight excluding hydrogens is 458 g/mol. The Morgan fingerprint density at radius 2 is 1.94 bits per heavy atom. The standard InChI is InChI=1S/C24H22BrN3O3/c1-14-22(24(30)28(27(14)2)15-8-4-3-5-9-15)26-13-17-21-16-10-6-7-11-19(16)31-20(21)12-18(25)23(17)29/h3-5,8-9,12-13,29H,6-7,10-11H2,1-2H3. The first-order valence-corrected chi connectivity index (χ1v) is 11.1. The number of halogens is 1. The number of furan rings is 1. The van der Waals surface area contributed by atoms with E-state index in [0.717, 1.165) is 59.4 Å². The quantitative estimate of drug-likeness (QED) is 0.403. The van der Waals surface area contributed by atoms with Crippen LogP contribution in [0, 0.1) is 6.92 Å². The molecule has 4 aromatic rings. The third kappa shape index (κ3) is 3.15. The van der Waals surface area contributed by atoms with Gasteiger partial charge in [0, 0.05) is 36.2 Å². The summed E-state index contributed by atoms with van der Waals surface area (Å²) in [5, 5.41) is 11.7. The van der Waals surface area contributed by atoms with Gasteiger partial charge in [0.25, 0.3) is 5.56 Å². The highest BCUT2D eigenvalue weighted by Crippen LogP contribution is 2.40. The number of phenols is 1. The van der Waals surface area contributed by atoms with Gasteiger partial charge in [0.15, 0.2) is 5.69 Å². The Labute approximate surface area is 187 Å². The highest BCUT2D eigenvalue weighted by atomic mass is 79.9. The monoisotopic (exact) mass is 479 g/mol. The Balaban J connectivity index is 1.68. The zero-order chi connectivity index (χ0) is 21.7. The van der Waals surface area contributed by atoms with Crippen molar-refractivity contribution in [3.8, 4) is 11.4 Å². The lowest BCUT2D eigenvalue weighted by Crippen LogP contribution is -2.19. The van der Waals surface area contributed by atoms with Crippen LogP contribution in [0.25, 0.3) is 16.7 Å². The zero-order valence-corrected chi connectivity index (χ0v) is 18.9. The molecule has 0 bridgehead atoms. The van der Waals surface area contributed by atoms with E-state index in [4.69, 9.17) is 4.42 Å². The lowest BCUT2D eigenvalue weighted by atomic mass is 9.94. The van der Waals surface area contributed by atoms with Gasteiger partial charge >= 0.3 is 0 Å². The number of aryl methyl sites for hydroxylation is 2. The Morgan fingerprint density at radius 1 is 1.19 bits per heavy atom. The van der Waals surface area contributed by atoms with Crippen LogP contribution in [0.1, 0.15) is 35.4 Å². The van der Waals surface area contributed by atoms with Crippen molar-refractivity contribution in [2.45, 2.75) is 32.6 Å². The summed E-state index contributed by atoms with van der Waals surface area (Å²) in [6.07, 6.45) is 5.60. The van der Waals surface area contributed by atoms with Crippen molar-refractivity contribution in [2.75, 3.05) is 0 Å². The number of rotatable bonds is 3. The summed E-state index contributed by atoms with van der Waals surface area (Å²) in [4.78, 5) is 17.7. The second-order valence-electron chi connectivity index (χ2n) is 7.87. The van der Waals surface area contributed by atoms with Gasteiger partial charge in [-0.15, -0.1) is 0 Å². The minimum absolute atomic E-state index is 0.0994. The van der Waals surface area contributed by atoms with Gasteiger partial charge in [-0.25, -0.2) is 9.67 Å². The van der Waals surface area contributed by atoms with Crippen molar-refractivity contribution in [2.24, 2.45) is 12.0 Å². The first-order chi connectivity index (χ1) is 15.0. The lowest BCUT2D eigenvalue weighted by Gasteiger charge is -2.10. The molecule has 0 spiro atoms. The molecule has 0 unspecified atom stereocenters. The van der Waals surface area contributed by atoms with Crippen LogP contribution in [0.2, 0.25) is 0 Å². The number of aromatic hydroxyl groups is 1. The molecule has 0 fully saturated rings. The topological polar surface area (TPSA) is 72.7 Å². The summed E-state index contributed by atoms with van der Waals surface area (Å²) >= 11 is 3.42. The maximum Gasteiger partial charge on any atom is 0.297 e. The fourth-order valence-corrected chi connectivity index (χ4v) is 4.79. The van der Waals surface area contributed by atoms with Crippen molar-refractivity contribution in [3.63, 3.8) is 0 Å². The SMILES string of the molecule is Cc1c(N=Cc2c(O)c(Br)cc3oc4c(c23)CCCC4)c(=O)n(-c2ccccc2)n1C. The molecule has 0 saturated carbocycles. The molecule has 2 aromatic carbocycles. The Hall–Kier alpha value is -3.06.